The molecule has 0 aromatic heterocycles. The fraction of sp³-hybridized carbons (Fsp3) is 0.545. The van der Waals surface area contributed by atoms with Crippen molar-refractivity contribution in [3.05, 3.63) is 23.8 Å². The highest BCUT2D eigenvalue weighted by molar-refractivity contribution is 5.86. The lowest BCUT2D eigenvalue weighted by Gasteiger charge is -2.29. The number of hydrogen-bond acceptors (Lipinski definition) is 12. The maximum absolute atomic E-state index is 10.8. The minimum Gasteiger partial charge on any atom is -0.550 e. The summed E-state index contributed by atoms with van der Waals surface area (Å²) in [4.78, 5) is 43.1. The van der Waals surface area contributed by atoms with E-state index in [9.17, 15) is 39.6 Å². The summed E-state index contributed by atoms with van der Waals surface area (Å²) in [5.74, 6) is -7.08. The Morgan fingerprint density at radius 3 is 1.97 bits per heavy atom. The highest BCUT2D eigenvalue weighted by atomic mass is 16.7. The van der Waals surface area contributed by atoms with Gasteiger partial charge in [-0.05, 0) is 31.1 Å². The van der Waals surface area contributed by atoms with E-state index < -0.39 is 48.1 Å². The molecule has 0 bridgehead atoms. The standard InChI is InChI=1S/C16H23NO4.C6H8O7/c1-4-17(5-2)10-9-12-7-6-8-13-15(12)21-16(3,20-13)11-14(18)19;7-3(8)1-6(13,5(11)12)2-4(9)10/h6-8H,4-5,9-11H2,1-3H3,(H,18,19);13H,1-2H2,(H,7,8)(H,9,10)(H,11,12)/p-4. The van der Waals surface area contributed by atoms with Crippen LogP contribution in [0.25, 0.3) is 0 Å². The maximum Gasteiger partial charge on any atom is 0.254 e. The Bertz CT molecular complexity index is 881. The Morgan fingerprint density at radius 2 is 1.53 bits per heavy atom. The molecule has 2 rings (SSSR count). The molecule has 0 saturated heterocycles. The van der Waals surface area contributed by atoms with Gasteiger partial charge in [0, 0.05) is 44.2 Å². The fourth-order valence-electron chi connectivity index (χ4n) is 3.26. The second-order valence-corrected chi connectivity index (χ2v) is 7.82. The van der Waals surface area contributed by atoms with E-state index in [1.165, 1.54) is 0 Å². The molecule has 12 nitrogen and oxygen atoms in total. The molecule has 1 atom stereocenters. The van der Waals surface area contributed by atoms with Gasteiger partial charge in [0.1, 0.15) is 5.60 Å². The highest BCUT2D eigenvalue weighted by Gasteiger charge is 2.38. The number of benzene rings is 1. The normalized spacial score (nSPS) is 16.5. The van der Waals surface area contributed by atoms with E-state index in [1.807, 2.05) is 12.1 Å². The van der Waals surface area contributed by atoms with Gasteiger partial charge in [-0.15, -0.1) is 0 Å². The van der Waals surface area contributed by atoms with Gasteiger partial charge in [-0.25, -0.2) is 0 Å². The van der Waals surface area contributed by atoms with E-state index in [1.54, 1.807) is 13.0 Å². The van der Waals surface area contributed by atoms with Crippen molar-refractivity contribution in [3.63, 3.8) is 0 Å². The van der Waals surface area contributed by atoms with Crippen LogP contribution in [0.4, 0.5) is 0 Å². The first-order valence-electron chi connectivity index (χ1n) is 10.5. The fourth-order valence-corrected chi connectivity index (χ4v) is 3.26. The number of aliphatic hydroxyl groups is 1. The van der Waals surface area contributed by atoms with Gasteiger partial charge in [-0.3, -0.25) is 0 Å². The lowest BCUT2D eigenvalue weighted by Crippen LogP contribution is -2.54. The number of likely N-dealkylation sites (N-methyl/N-ethyl adjacent to an activating group) is 1. The van der Waals surface area contributed by atoms with Crippen LogP contribution in [-0.4, -0.2) is 64.9 Å². The number of rotatable bonds is 12. The van der Waals surface area contributed by atoms with Gasteiger partial charge in [-0.1, -0.05) is 26.0 Å². The van der Waals surface area contributed by atoms with Gasteiger partial charge in [0.2, 0.25) is 0 Å². The molecular formula is C22H27NO11-4. The maximum atomic E-state index is 10.8. The molecule has 1 aliphatic heterocycles. The van der Waals surface area contributed by atoms with Crippen LogP contribution in [0.3, 0.4) is 0 Å². The monoisotopic (exact) mass is 481 g/mol. The Kier molecular flexibility index (Phi) is 10.3. The number of carboxylic acids is 4. The molecule has 34 heavy (non-hydrogen) atoms. The van der Waals surface area contributed by atoms with Crippen molar-refractivity contribution in [1.29, 1.82) is 0 Å². The van der Waals surface area contributed by atoms with Crippen molar-refractivity contribution in [3.8, 4) is 11.5 Å². The van der Waals surface area contributed by atoms with Crippen LogP contribution in [0.15, 0.2) is 18.2 Å². The summed E-state index contributed by atoms with van der Waals surface area (Å²) < 4.78 is 11.4. The average Bonchev–Trinajstić information content (AvgIpc) is 3.03. The van der Waals surface area contributed by atoms with Gasteiger partial charge in [0.05, 0.1) is 12.4 Å². The molecule has 1 heterocycles. The zero-order valence-electron chi connectivity index (χ0n) is 19.2. The summed E-state index contributed by atoms with van der Waals surface area (Å²) in [5, 5.41) is 49.7. The first-order chi connectivity index (χ1) is 15.7. The summed E-state index contributed by atoms with van der Waals surface area (Å²) in [7, 11) is 0. The number of nitrogens with zero attached hydrogens (tertiary/aromatic N) is 1. The van der Waals surface area contributed by atoms with Crippen LogP contribution < -0.4 is 29.9 Å². The molecule has 1 N–H and O–H groups in total. The zero-order valence-corrected chi connectivity index (χ0v) is 19.2. The van der Waals surface area contributed by atoms with Crippen LogP contribution in [0.5, 0.6) is 11.5 Å². The summed E-state index contributed by atoms with van der Waals surface area (Å²) in [6.45, 7) is 8.84. The highest BCUT2D eigenvalue weighted by Crippen LogP contribution is 2.43. The first kappa shape index (κ1) is 28.7. The predicted octanol–water partition coefficient (Wildman–Crippen LogP) is -4.05. The molecule has 1 unspecified atom stereocenters. The second-order valence-electron chi connectivity index (χ2n) is 7.82. The van der Waals surface area contributed by atoms with Crippen LogP contribution in [0.1, 0.15) is 45.6 Å². The number of para-hydroxylation sites is 1. The van der Waals surface area contributed by atoms with Crippen LogP contribution >= 0.6 is 0 Å². The molecule has 0 saturated carbocycles. The molecule has 1 aromatic rings. The van der Waals surface area contributed by atoms with Gasteiger partial charge in [-0.2, -0.15) is 0 Å². The van der Waals surface area contributed by atoms with Crippen molar-refractivity contribution in [2.24, 2.45) is 0 Å². The minimum absolute atomic E-state index is 0.294. The molecule has 0 spiro atoms. The summed E-state index contributed by atoms with van der Waals surface area (Å²) in [6, 6.07) is 5.71. The molecule has 0 radical (unpaired) electrons. The number of carbonyl (C=O) groups is 4. The largest absolute Gasteiger partial charge is 0.550 e. The van der Waals surface area contributed by atoms with E-state index in [4.69, 9.17) is 14.6 Å². The van der Waals surface area contributed by atoms with Crippen molar-refractivity contribution < 1.29 is 54.2 Å². The first-order valence-corrected chi connectivity index (χ1v) is 10.5. The molecule has 12 heteroatoms. The Morgan fingerprint density at radius 1 is 0.971 bits per heavy atom. The van der Waals surface area contributed by atoms with E-state index in [0.29, 0.717) is 11.5 Å². The third kappa shape index (κ3) is 8.52. The van der Waals surface area contributed by atoms with E-state index >= 15 is 0 Å². The number of aliphatic carboxylic acids is 4. The third-order valence-corrected chi connectivity index (χ3v) is 5.02. The van der Waals surface area contributed by atoms with Crippen LogP contribution in [0.2, 0.25) is 0 Å². The Hall–Kier alpha value is -3.38. The summed E-state index contributed by atoms with van der Waals surface area (Å²) in [6.07, 6.45) is -2.17. The third-order valence-electron chi connectivity index (χ3n) is 5.02. The molecule has 1 aliphatic rings. The van der Waals surface area contributed by atoms with E-state index in [-0.39, 0.29) is 6.42 Å². The molecular weight excluding hydrogens is 454 g/mol. The molecule has 0 amide bonds. The molecule has 190 valence electrons. The number of hydrogen-bond donors (Lipinski definition) is 1. The lowest BCUT2D eigenvalue weighted by molar-refractivity contribution is -0.339. The van der Waals surface area contributed by atoms with E-state index in [2.05, 4.69) is 18.7 Å². The Labute approximate surface area is 196 Å². The molecule has 1 aromatic carbocycles. The lowest BCUT2D eigenvalue weighted by atomic mass is 9.96. The number of fused-ring (bicyclic) bond motifs is 1. The van der Waals surface area contributed by atoms with Crippen LogP contribution in [0, 0.1) is 0 Å². The number of ether oxygens (including phenoxy) is 2. The van der Waals surface area contributed by atoms with Crippen molar-refractivity contribution in [2.45, 2.75) is 57.8 Å². The van der Waals surface area contributed by atoms with Gasteiger partial charge in [0.15, 0.2) is 11.5 Å². The van der Waals surface area contributed by atoms with Gasteiger partial charge in [0.25, 0.3) is 5.79 Å². The summed E-state index contributed by atoms with van der Waals surface area (Å²) >= 11 is 0. The van der Waals surface area contributed by atoms with E-state index in [0.717, 1.165) is 31.6 Å². The molecule has 0 fully saturated rings. The van der Waals surface area contributed by atoms with Crippen molar-refractivity contribution >= 4 is 23.9 Å². The predicted molar refractivity (Wildman–Crippen MR) is 106 cm³/mol. The molecule has 0 aliphatic carbocycles. The number of carboxylic acid groups (broad SMARTS) is 4. The smallest absolute Gasteiger partial charge is 0.254 e. The van der Waals surface area contributed by atoms with Gasteiger partial charge < -0.3 is 59.1 Å². The SMILES string of the molecule is CCN(CC)CCc1cccc2c1OC(C)(CC(=O)[O-])O2.O=C([O-])CC(O)(CC(=O)[O-])C(=O)[O-]. The van der Waals surface area contributed by atoms with Crippen molar-refractivity contribution in [2.75, 3.05) is 19.6 Å². The van der Waals surface area contributed by atoms with Crippen LogP contribution in [-0.2, 0) is 25.6 Å². The minimum atomic E-state index is -2.97. The Balaban J connectivity index is 0.000000385. The number of carbonyl (C=O) groups excluding carboxylic acids is 4. The quantitative estimate of drug-likeness (QED) is 0.303. The summed E-state index contributed by atoms with van der Waals surface area (Å²) in [5.41, 5.74) is -1.93. The topological polar surface area (TPSA) is 202 Å². The average molecular weight is 481 g/mol. The zero-order chi connectivity index (χ0) is 26.1. The van der Waals surface area contributed by atoms with Crippen molar-refractivity contribution in [1.82, 2.24) is 4.90 Å². The van der Waals surface area contributed by atoms with Gasteiger partial charge >= 0.3 is 0 Å². The second kappa shape index (κ2) is 12.2.